The maximum Gasteiger partial charge on any atom is 0.416 e. The van der Waals surface area contributed by atoms with Crippen molar-refractivity contribution in [3.8, 4) is 0 Å². The van der Waals surface area contributed by atoms with Gasteiger partial charge in [-0.2, -0.15) is 13.2 Å². The van der Waals surface area contributed by atoms with Gasteiger partial charge < -0.3 is 10.3 Å². The van der Waals surface area contributed by atoms with Crippen LogP contribution in [0.25, 0.3) is 0 Å². The molecule has 0 bridgehead atoms. The third-order valence-electron chi connectivity index (χ3n) is 3.46. The van der Waals surface area contributed by atoms with Crippen LogP contribution in [-0.4, -0.2) is 17.1 Å². The Balaban J connectivity index is 2.46. The molecule has 1 aliphatic rings. The predicted molar refractivity (Wildman–Crippen MR) is 67.7 cm³/mol. The van der Waals surface area contributed by atoms with E-state index in [4.69, 9.17) is 5.84 Å². The number of anilines is 2. The van der Waals surface area contributed by atoms with Gasteiger partial charge in [-0.1, -0.05) is 0 Å². The highest BCUT2D eigenvalue weighted by Crippen LogP contribution is 2.37. The second-order valence-corrected chi connectivity index (χ2v) is 5.31. The normalized spacial score (nSPS) is 18.7. The third-order valence-corrected chi connectivity index (χ3v) is 3.46. The fourth-order valence-corrected chi connectivity index (χ4v) is 2.42. The predicted octanol–water partition coefficient (Wildman–Crippen LogP) is 2.76. The van der Waals surface area contributed by atoms with Crippen molar-refractivity contribution in [3.05, 3.63) is 17.7 Å². The number of nitrogens with two attached hydrogens (primary N) is 1. The van der Waals surface area contributed by atoms with E-state index in [1.54, 1.807) is 0 Å². The minimum atomic E-state index is -4.41. The Bertz CT molecular complexity index is 471. The van der Waals surface area contributed by atoms with Gasteiger partial charge in [-0.3, -0.25) is 0 Å². The monoisotopic (exact) mass is 274 g/mol. The number of alkyl halides is 3. The summed E-state index contributed by atoms with van der Waals surface area (Å²) in [5.74, 6) is 5.53. The van der Waals surface area contributed by atoms with Crippen LogP contribution >= 0.6 is 0 Å². The van der Waals surface area contributed by atoms with Gasteiger partial charge in [0.05, 0.1) is 5.56 Å². The number of halogens is 3. The van der Waals surface area contributed by atoms with Crippen molar-refractivity contribution >= 4 is 11.6 Å². The lowest BCUT2D eigenvalue weighted by molar-refractivity contribution is -0.137. The van der Waals surface area contributed by atoms with Crippen molar-refractivity contribution in [2.24, 2.45) is 5.84 Å². The second-order valence-electron chi connectivity index (χ2n) is 5.31. The lowest BCUT2D eigenvalue weighted by atomic mass is 10.0. The van der Waals surface area contributed by atoms with Crippen molar-refractivity contribution in [3.63, 3.8) is 0 Å². The quantitative estimate of drug-likeness (QED) is 0.643. The summed E-state index contributed by atoms with van der Waals surface area (Å²) in [5.41, 5.74) is 1.26. The fourth-order valence-electron chi connectivity index (χ4n) is 2.42. The lowest BCUT2D eigenvalue weighted by Gasteiger charge is -2.33. The largest absolute Gasteiger partial charge is 0.416 e. The molecule has 0 radical (unpaired) electrons. The van der Waals surface area contributed by atoms with Crippen molar-refractivity contribution in [1.29, 1.82) is 0 Å². The minimum Gasteiger partial charge on any atom is -0.351 e. The van der Waals surface area contributed by atoms with Gasteiger partial charge in [0.1, 0.15) is 11.6 Å². The number of nitrogen functional groups attached to an aromatic ring is 1. The van der Waals surface area contributed by atoms with E-state index < -0.39 is 11.7 Å². The second kappa shape index (κ2) is 4.56. The maximum absolute atomic E-state index is 12.8. The standard InChI is InChI=1S/C12H17F3N4/c1-11(2)4-3-5-19(11)10-7-8(12(13,14)15)6-9(17-10)18-16/h6-7H,3-5,16H2,1-2H3,(H,17,18). The zero-order chi connectivity index (χ0) is 14.3. The molecule has 1 saturated heterocycles. The van der Waals surface area contributed by atoms with Gasteiger partial charge in [0.25, 0.3) is 0 Å². The first kappa shape index (κ1) is 13.9. The average molecular weight is 274 g/mol. The van der Waals surface area contributed by atoms with E-state index >= 15 is 0 Å². The van der Waals surface area contributed by atoms with Crippen molar-refractivity contribution < 1.29 is 13.2 Å². The molecule has 2 heterocycles. The Morgan fingerprint density at radius 2 is 2.05 bits per heavy atom. The first-order valence-corrected chi connectivity index (χ1v) is 6.07. The molecule has 0 spiro atoms. The summed E-state index contributed by atoms with van der Waals surface area (Å²) < 4.78 is 38.5. The molecule has 1 aromatic rings. The number of hydrogen-bond donors (Lipinski definition) is 2. The Labute approximate surface area is 109 Å². The SMILES string of the molecule is CC1(C)CCCN1c1cc(C(F)(F)F)cc(NN)n1. The Morgan fingerprint density at radius 3 is 2.53 bits per heavy atom. The summed E-state index contributed by atoms with van der Waals surface area (Å²) in [6.45, 7) is 4.69. The van der Waals surface area contributed by atoms with Gasteiger partial charge in [-0.15, -0.1) is 0 Å². The molecule has 0 amide bonds. The summed E-state index contributed by atoms with van der Waals surface area (Å²) in [6.07, 6.45) is -2.54. The molecular formula is C12H17F3N4. The van der Waals surface area contributed by atoms with Crippen LogP contribution in [0.5, 0.6) is 0 Å². The van der Waals surface area contributed by atoms with Crippen molar-refractivity contribution in [2.75, 3.05) is 16.9 Å². The molecule has 1 aliphatic heterocycles. The van der Waals surface area contributed by atoms with Crippen molar-refractivity contribution in [1.82, 2.24) is 4.98 Å². The van der Waals surface area contributed by atoms with Gasteiger partial charge >= 0.3 is 6.18 Å². The summed E-state index contributed by atoms with van der Waals surface area (Å²) in [5, 5.41) is 0. The fraction of sp³-hybridized carbons (Fsp3) is 0.583. The topological polar surface area (TPSA) is 54.2 Å². The molecule has 2 rings (SSSR count). The molecule has 3 N–H and O–H groups in total. The molecule has 7 heteroatoms. The molecule has 19 heavy (non-hydrogen) atoms. The van der Waals surface area contributed by atoms with Crippen LogP contribution in [0.2, 0.25) is 0 Å². The van der Waals surface area contributed by atoms with Gasteiger partial charge in [0.15, 0.2) is 0 Å². The number of aromatic nitrogens is 1. The van der Waals surface area contributed by atoms with Crippen LogP contribution in [0, 0.1) is 0 Å². The molecule has 106 valence electrons. The zero-order valence-corrected chi connectivity index (χ0v) is 10.9. The summed E-state index contributed by atoms with van der Waals surface area (Å²) >= 11 is 0. The van der Waals surface area contributed by atoms with E-state index in [9.17, 15) is 13.2 Å². The van der Waals surface area contributed by atoms with Gasteiger partial charge in [-0.05, 0) is 38.8 Å². The average Bonchev–Trinajstić information content (AvgIpc) is 2.67. The maximum atomic E-state index is 12.8. The molecule has 4 nitrogen and oxygen atoms in total. The van der Waals surface area contributed by atoms with E-state index in [2.05, 4.69) is 10.4 Å². The van der Waals surface area contributed by atoms with Crippen LogP contribution in [0.15, 0.2) is 12.1 Å². The molecule has 0 unspecified atom stereocenters. The Hall–Kier alpha value is -1.50. The molecule has 0 aromatic carbocycles. The highest BCUT2D eigenvalue weighted by Gasteiger charge is 2.36. The van der Waals surface area contributed by atoms with Crippen LogP contribution in [0.3, 0.4) is 0 Å². The zero-order valence-electron chi connectivity index (χ0n) is 10.9. The Kier molecular flexibility index (Phi) is 3.34. The summed E-state index contributed by atoms with van der Waals surface area (Å²) in [4.78, 5) is 6.02. The number of nitrogens with zero attached hydrogens (tertiary/aromatic N) is 2. The van der Waals surface area contributed by atoms with Crippen LogP contribution < -0.4 is 16.2 Å². The van der Waals surface area contributed by atoms with Crippen LogP contribution in [-0.2, 0) is 6.18 Å². The lowest BCUT2D eigenvalue weighted by Crippen LogP contribution is -2.39. The van der Waals surface area contributed by atoms with E-state index in [1.807, 2.05) is 18.7 Å². The minimum absolute atomic E-state index is 0.0209. The van der Waals surface area contributed by atoms with Crippen LogP contribution in [0.4, 0.5) is 24.8 Å². The highest BCUT2D eigenvalue weighted by atomic mass is 19.4. The summed E-state index contributed by atoms with van der Waals surface area (Å²) in [7, 11) is 0. The first-order chi connectivity index (χ1) is 8.74. The van der Waals surface area contributed by atoms with Gasteiger partial charge in [-0.25, -0.2) is 10.8 Å². The Morgan fingerprint density at radius 1 is 1.37 bits per heavy atom. The van der Waals surface area contributed by atoms with Gasteiger partial charge in [0, 0.05) is 12.1 Å². The third kappa shape index (κ3) is 2.75. The molecule has 1 fully saturated rings. The van der Waals surface area contributed by atoms with E-state index in [0.717, 1.165) is 25.0 Å². The van der Waals surface area contributed by atoms with E-state index in [1.165, 1.54) is 0 Å². The van der Waals surface area contributed by atoms with E-state index in [0.29, 0.717) is 12.4 Å². The summed E-state index contributed by atoms with van der Waals surface area (Å²) in [6, 6.07) is 1.99. The smallest absolute Gasteiger partial charge is 0.351 e. The molecule has 0 atom stereocenters. The highest BCUT2D eigenvalue weighted by molar-refractivity contribution is 5.53. The number of rotatable bonds is 2. The van der Waals surface area contributed by atoms with E-state index in [-0.39, 0.29) is 11.4 Å². The molecule has 0 aliphatic carbocycles. The van der Waals surface area contributed by atoms with Crippen LogP contribution in [0.1, 0.15) is 32.3 Å². The van der Waals surface area contributed by atoms with Crippen molar-refractivity contribution in [2.45, 2.75) is 38.4 Å². The molecule has 1 aromatic heterocycles. The number of hydrazine groups is 1. The number of nitrogens with one attached hydrogen (secondary N) is 1. The van der Waals surface area contributed by atoms with Gasteiger partial charge in [0.2, 0.25) is 0 Å². The number of pyridine rings is 1. The molecule has 0 saturated carbocycles. The molecular weight excluding hydrogens is 257 g/mol. The first-order valence-electron chi connectivity index (χ1n) is 6.07. The number of hydrogen-bond acceptors (Lipinski definition) is 4.